The smallest absolute Gasteiger partial charge is 0.253 e. The number of pyridine rings is 1. The molecule has 6 nitrogen and oxygen atoms in total. The first kappa shape index (κ1) is 16.6. The number of primary sulfonamides is 1. The van der Waals surface area contributed by atoms with Gasteiger partial charge in [0.05, 0.1) is 16.5 Å². The number of halogens is 1. The summed E-state index contributed by atoms with van der Waals surface area (Å²) in [5.41, 5.74) is 1.20. The van der Waals surface area contributed by atoms with Gasteiger partial charge in [-0.3, -0.25) is 9.78 Å². The Morgan fingerprint density at radius 1 is 1.27 bits per heavy atom. The van der Waals surface area contributed by atoms with Crippen molar-refractivity contribution in [2.75, 3.05) is 0 Å². The van der Waals surface area contributed by atoms with E-state index in [1.54, 1.807) is 31.3 Å². The van der Waals surface area contributed by atoms with Crippen LogP contribution in [0, 0.1) is 0 Å². The predicted molar refractivity (Wildman–Crippen MR) is 85.6 cm³/mol. The molecule has 1 heterocycles. The van der Waals surface area contributed by atoms with E-state index in [9.17, 15) is 13.2 Å². The molecule has 1 aromatic heterocycles. The van der Waals surface area contributed by atoms with Crippen LogP contribution in [0.15, 0.2) is 52.1 Å². The molecule has 1 atom stereocenters. The molecule has 2 aromatic rings. The Labute approximate surface area is 136 Å². The van der Waals surface area contributed by atoms with Crippen LogP contribution in [0.2, 0.25) is 0 Å². The molecule has 0 saturated heterocycles. The van der Waals surface area contributed by atoms with Gasteiger partial charge < -0.3 is 5.32 Å². The van der Waals surface area contributed by atoms with E-state index in [1.807, 2.05) is 0 Å². The first-order valence-electron chi connectivity index (χ1n) is 6.31. The normalized spacial score (nSPS) is 12.7. The standard InChI is InChI=1S/C14H14BrN3O3S/c1-9(10-2-4-13(5-3-10)22(16,20)21)18-14(19)11-6-12(15)8-17-7-11/h2-9H,1H3,(H,18,19)(H2,16,20,21)/t9-/m1/s1. The minimum absolute atomic E-state index is 0.0333. The highest BCUT2D eigenvalue weighted by molar-refractivity contribution is 9.10. The van der Waals surface area contributed by atoms with Crippen molar-refractivity contribution < 1.29 is 13.2 Å². The minimum Gasteiger partial charge on any atom is -0.345 e. The average Bonchev–Trinajstić information content (AvgIpc) is 2.46. The summed E-state index contributed by atoms with van der Waals surface area (Å²) < 4.78 is 23.1. The van der Waals surface area contributed by atoms with Crippen molar-refractivity contribution in [3.05, 3.63) is 58.3 Å². The maximum Gasteiger partial charge on any atom is 0.253 e. The molecule has 0 bridgehead atoms. The van der Waals surface area contributed by atoms with Gasteiger partial charge in [-0.15, -0.1) is 0 Å². The number of hydrogen-bond acceptors (Lipinski definition) is 4. The Hall–Kier alpha value is -1.77. The number of rotatable bonds is 4. The summed E-state index contributed by atoms with van der Waals surface area (Å²) in [4.78, 5) is 16.1. The summed E-state index contributed by atoms with van der Waals surface area (Å²) in [6, 6.07) is 7.43. The second-order valence-electron chi connectivity index (χ2n) is 4.70. The summed E-state index contributed by atoms with van der Waals surface area (Å²) in [5, 5.41) is 7.86. The molecule has 1 aromatic carbocycles. The first-order chi connectivity index (χ1) is 10.3. The van der Waals surface area contributed by atoms with Crippen LogP contribution in [0.25, 0.3) is 0 Å². The van der Waals surface area contributed by atoms with E-state index in [0.717, 1.165) is 5.56 Å². The molecule has 0 saturated carbocycles. The van der Waals surface area contributed by atoms with Crippen LogP contribution < -0.4 is 10.5 Å². The molecule has 0 aliphatic carbocycles. The molecule has 116 valence electrons. The van der Waals surface area contributed by atoms with Gasteiger partial charge in [-0.2, -0.15) is 0 Å². The van der Waals surface area contributed by atoms with E-state index in [4.69, 9.17) is 5.14 Å². The van der Waals surface area contributed by atoms with E-state index in [0.29, 0.717) is 10.0 Å². The highest BCUT2D eigenvalue weighted by Gasteiger charge is 2.13. The first-order valence-corrected chi connectivity index (χ1v) is 8.65. The molecule has 0 aliphatic rings. The summed E-state index contributed by atoms with van der Waals surface area (Å²) in [5.74, 6) is -0.267. The van der Waals surface area contributed by atoms with Gasteiger partial charge in [-0.25, -0.2) is 13.6 Å². The quantitative estimate of drug-likeness (QED) is 0.842. The Kier molecular flexibility index (Phi) is 4.94. The number of hydrogen-bond donors (Lipinski definition) is 2. The summed E-state index contributed by atoms with van der Waals surface area (Å²) in [7, 11) is -3.72. The van der Waals surface area contributed by atoms with Crippen LogP contribution in [0.1, 0.15) is 28.9 Å². The number of carbonyl (C=O) groups is 1. The van der Waals surface area contributed by atoms with Crippen LogP contribution in [-0.2, 0) is 10.0 Å². The number of benzene rings is 1. The van der Waals surface area contributed by atoms with Gasteiger partial charge >= 0.3 is 0 Å². The highest BCUT2D eigenvalue weighted by Crippen LogP contribution is 2.16. The molecule has 8 heteroatoms. The maximum absolute atomic E-state index is 12.1. The van der Waals surface area contributed by atoms with Gasteiger partial charge in [-0.05, 0) is 46.6 Å². The monoisotopic (exact) mass is 383 g/mol. The second kappa shape index (κ2) is 6.55. The third-order valence-electron chi connectivity index (χ3n) is 3.02. The van der Waals surface area contributed by atoms with Crippen molar-refractivity contribution >= 4 is 31.9 Å². The number of nitrogens with zero attached hydrogens (tertiary/aromatic N) is 1. The number of nitrogens with two attached hydrogens (primary N) is 1. The van der Waals surface area contributed by atoms with Crippen molar-refractivity contribution in [1.82, 2.24) is 10.3 Å². The van der Waals surface area contributed by atoms with E-state index in [2.05, 4.69) is 26.2 Å². The zero-order chi connectivity index (χ0) is 16.3. The minimum atomic E-state index is -3.72. The fourth-order valence-electron chi connectivity index (χ4n) is 1.85. The molecule has 2 rings (SSSR count). The molecule has 3 N–H and O–H groups in total. The number of carbonyl (C=O) groups excluding carboxylic acids is 1. The molecule has 0 aliphatic heterocycles. The Bertz CT molecular complexity index is 791. The van der Waals surface area contributed by atoms with Gasteiger partial charge in [0.25, 0.3) is 5.91 Å². The van der Waals surface area contributed by atoms with E-state index in [-0.39, 0.29) is 16.8 Å². The van der Waals surface area contributed by atoms with Crippen molar-refractivity contribution in [2.24, 2.45) is 5.14 Å². The number of nitrogens with one attached hydrogen (secondary N) is 1. The molecule has 0 radical (unpaired) electrons. The third kappa shape index (κ3) is 4.12. The molecule has 0 unspecified atom stereocenters. The van der Waals surface area contributed by atoms with Gasteiger partial charge in [0.15, 0.2) is 0 Å². The largest absolute Gasteiger partial charge is 0.345 e. The summed E-state index contributed by atoms with van der Waals surface area (Å²) >= 11 is 3.26. The van der Waals surface area contributed by atoms with E-state index in [1.165, 1.54) is 18.3 Å². The van der Waals surface area contributed by atoms with Crippen molar-refractivity contribution in [3.8, 4) is 0 Å². The topological polar surface area (TPSA) is 102 Å². The van der Waals surface area contributed by atoms with Crippen molar-refractivity contribution in [3.63, 3.8) is 0 Å². The number of sulfonamides is 1. The highest BCUT2D eigenvalue weighted by atomic mass is 79.9. The zero-order valence-electron chi connectivity index (χ0n) is 11.7. The Morgan fingerprint density at radius 3 is 2.45 bits per heavy atom. The molecule has 1 amide bonds. The van der Waals surface area contributed by atoms with E-state index < -0.39 is 10.0 Å². The molecular formula is C14H14BrN3O3S. The van der Waals surface area contributed by atoms with Crippen LogP contribution in [0.4, 0.5) is 0 Å². The third-order valence-corrected chi connectivity index (χ3v) is 4.39. The lowest BCUT2D eigenvalue weighted by Gasteiger charge is -2.14. The van der Waals surface area contributed by atoms with Crippen molar-refractivity contribution in [2.45, 2.75) is 17.9 Å². The van der Waals surface area contributed by atoms with Gasteiger partial charge in [0, 0.05) is 16.9 Å². The van der Waals surface area contributed by atoms with Crippen LogP contribution in [0.5, 0.6) is 0 Å². The van der Waals surface area contributed by atoms with Crippen LogP contribution >= 0.6 is 15.9 Å². The summed E-state index contributed by atoms with van der Waals surface area (Å²) in [6.45, 7) is 1.80. The number of aromatic nitrogens is 1. The molecular weight excluding hydrogens is 370 g/mol. The lowest BCUT2D eigenvalue weighted by Crippen LogP contribution is -2.26. The lowest BCUT2D eigenvalue weighted by molar-refractivity contribution is 0.0939. The van der Waals surface area contributed by atoms with Gasteiger partial charge in [0.2, 0.25) is 10.0 Å². The summed E-state index contributed by atoms with van der Waals surface area (Å²) in [6.07, 6.45) is 3.06. The Morgan fingerprint density at radius 2 is 1.91 bits per heavy atom. The van der Waals surface area contributed by atoms with Crippen molar-refractivity contribution in [1.29, 1.82) is 0 Å². The lowest BCUT2D eigenvalue weighted by atomic mass is 10.1. The fraction of sp³-hybridized carbons (Fsp3) is 0.143. The van der Waals surface area contributed by atoms with Gasteiger partial charge in [0.1, 0.15) is 0 Å². The second-order valence-corrected chi connectivity index (χ2v) is 7.18. The maximum atomic E-state index is 12.1. The molecule has 0 fully saturated rings. The zero-order valence-corrected chi connectivity index (χ0v) is 14.1. The number of amides is 1. The van der Waals surface area contributed by atoms with Crippen LogP contribution in [-0.4, -0.2) is 19.3 Å². The van der Waals surface area contributed by atoms with Gasteiger partial charge in [-0.1, -0.05) is 12.1 Å². The molecule has 0 spiro atoms. The predicted octanol–water partition coefficient (Wildman–Crippen LogP) is 1.98. The van der Waals surface area contributed by atoms with Crippen LogP contribution in [0.3, 0.4) is 0 Å². The Balaban J connectivity index is 2.12. The fourth-order valence-corrected chi connectivity index (χ4v) is 2.73. The SMILES string of the molecule is C[C@@H](NC(=O)c1cncc(Br)c1)c1ccc(S(N)(=O)=O)cc1. The molecule has 22 heavy (non-hydrogen) atoms. The average molecular weight is 384 g/mol. The van der Waals surface area contributed by atoms with E-state index >= 15 is 0 Å².